The molecule has 0 aliphatic carbocycles. The topological polar surface area (TPSA) is 310 Å². The fourth-order valence-corrected chi connectivity index (χ4v) is 7.87. The lowest BCUT2D eigenvalue weighted by molar-refractivity contribution is -0.0520. The molecule has 57 heavy (non-hydrogen) atoms. The maximum absolute atomic E-state index is 13.5. The van der Waals surface area contributed by atoms with Crippen LogP contribution in [0.1, 0.15) is 39.9 Å². The second-order valence-electron chi connectivity index (χ2n) is 13.2. The van der Waals surface area contributed by atoms with E-state index in [1.807, 2.05) is 0 Å². The molecule has 8 rings (SSSR count). The first-order chi connectivity index (χ1) is 27.3. The number of nitrogen functional groups attached to an aromatic ring is 1. The van der Waals surface area contributed by atoms with Gasteiger partial charge in [0.15, 0.2) is 65.1 Å². The van der Waals surface area contributed by atoms with Gasteiger partial charge >= 0.3 is 7.82 Å². The van der Waals surface area contributed by atoms with Gasteiger partial charge < -0.3 is 65.0 Å². The van der Waals surface area contributed by atoms with E-state index in [1.165, 1.54) is 60.7 Å². The number of carbonyl (C=O) groups excluding carboxylic acids is 1. The van der Waals surface area contributed by atoms with Crippen molar-refractivity contribution in [3.63, 3.8) is 0 Å². The summed E-state index contributed by atoms with van der Waals surface area (Å²) in [5, 5.41) is 62.6. The fraction of sp³-hybridized carbons (Fsp3) is 0.314. The van der Waals surface area contributed by atoms with Gasteiger partial charge in [-0.2, -0.15) is 0 Å². The molecule has 300 valence electrons. The van der Waals surface area contributed by atoms with Crippen LogP contribution in [-0.2, 0) is 18.3 Å². The van der Waals surface area contributed by atoms with Crippen molar-refractivity contribution in [2.75, 3.05) is 26.1 Å². The standard InChI is InChI=1S/C35H34N5O16P/c1-50-20-6-14(2-4-17(20)43)30-24(52-19-5-3-15(7-21(19)53-30)31-28(46)27(45)25-18(44)8-16(42)9-22(25)54-31)11-51-57(48,49)56-32-23(10-41)55-35(29(32)47)40-13-39-26-33(36)37-12-38-34(26)40/h2-9,12-13,23-24,28-32,35,41-44,46-47H,10-11H2,1H3,(H,48,49)(H2,36,37,38)/t23-,24+,28+,29-,30+,31-,32-,35-/m1/s1. The molecule has 0 spiro atoms. The average molecular weight is 812 g/mol. The highest BCUT2D eigenvalue weighted by Crippen LogP contribution is 2.51. The number of fused-ring (bicyclic) bond motifs is 3. The number of ketones is 1. The van der Waals surface area contributed by atoms with Crippen molar-refractivity contribution in [1.82, 2.24) is 19.5 Å². The minimum Gasteiger partial charge on any atom is -0.508 e. The first-order valence-corrected chi connectivity index (χ1v) is 18.6. The maximum Gasteiger partial charge on any atom is 0.472 e. The van der Waals surface area contributed by atoms with Crippen molar-refractivity contribution in [3.05, 3.63) is 77.9 Å². The van der Waals surface area contributed by atoms with Gasteiger partial charge in [0.1, 0.15) is 53.0 Å². The number of phenols is 3. The van der Waals surface area contributed by atoms with E-state index in [0.29, 0.717) is 5.56 Å². The Balaban J connectivity index is 1.04. The van der Waals surface area contributed by atoms with Crippen LogP contribution in [0.15, 0.2) is 61.2 Å². The van der Waals surface area contributed by atoms with Gasteiger partial charge in [0.2, 0.25) is 5.78 Å². The zero-order valence-electron chi connectivity index (χ0n) is 29.4. The first kappa shape index (κ1) is 38.1. The summed E-state index contributed by atoms with van der Waals surface area (Å²) in [6.45, 7) is -1.38. The minimum absolute atomic E-state index is 0.0635. The molecule has 3 aliphatic heterocycles. The Kier molecular flexibility index (Phi) is 9.78. The van der Waals surface area contributed by atoms with Gasteiger partial charge in [-0.05, 0) is 29.8 Å². The molecule has 0 saturated carbocycles. The van der Waals surface area contributed by atoms with Crippen LogP contribution in [-0.4, -0.2) is 112 Å². The zero-order valence-corrected chi connectivity index (χ0v) is 30.3. The quantitative estimate of drug-likeness (QED) is 0.0928. The molecular weight excluding hydrogens is 777 g/mol. The van der Waals surface area contributed by atoms with Crippen molar-refractivity contribution in [2.24, 2.45) is 0 Å². The summed E-state index contributed by atoms with van der Waals surface area (Å²) in [4.78, 5) is 36.1. The number of aliphatic hydroxyl groups excluding tert-OH is 3. The van der Waals surface area contributed by atoms with Crippen molar-refractivity contribution >= 4 is 30.6 Å². The third-order valence-corrected chi connectivity index (χ3v) is 10.6. The van der Waals surface area contributed by atoms with E-state index in [1.54, 1.807) is 0 Å². The molecule has 0 bridgehead atoms. The highest BCUT2D eigenvalue weighted by molar-refractivity contribution is 7.47. The van der Waals surface area contributed by atoms with Gasteiger partial charge in [0, 0.05) is 17.7 Å². The second-order valence-corrected chi connectivity index (χ2v) is 14.6. The van der Waals surface area contributed by atoms with Crippen LogP contribution in [0.4, 0.5) is 5.82 Å². The number of nitrogens with two attached hydrogens (primary N) is 1. The molecule has 0 amide bonds. The Hall–Kier alpha value is -5.77. The van der Waals surface area contributed by atoms with Crippen molar-refractivity contribution in [2.45, 2.75) is 49.0 Å². The first-order valence-electron chi connectivity index (χ1n) is 17.1. The van der Waals surface area contributed by atoms with Crippen molar-refractivity contribution in [1.29, 1.82) is 0 Å². The number of hydrogen-bond donors (Lipinski definition) is 8. The Morgan fingerprint density at radius 1 is 0.895 bits per heavy atom. The number of anilines is 1. The molecule has 1 saturated heterocycles. The lowest BCUT2D eigenvalue weighted by Crippen LogP contribution is -2.38. The van der Waals surface area contributed by atoms with Gasteiger partial charge in [-0.3, -0.25) is 18.4 Å². The predicted octanol–water partition coefficient (Wildman–Crippen LogP) is 1.55. The van der Waals surface area contributed by atoms with Crippen molar-refractivity contribution in [3.8, 4) is 40.2 Å². The number of ether oxygens (including phenoxy) is 5. The van der Waals surface area contributed by atoms with E-state index in [2.05, 4.69) is 15.0 Å². The number of aliphatic hydroxyl groups is 3. The average Bonchev–Trinajstić information content (AvgIpc) is 3.75. The lowest BCUT2D eigenvalue weighted by atomic mass is 9.92. The molecule has 5 aromatic rings. The third kappa shape index (κ3) is 6.89. The van der Waals surface area contributed by atoms with Crippen LogP contribution in [0.3, 0.4) is 0 Å². The SMILES string of the molecule is COc1cc([C@@H]2Oc3cc([C@H]4Oc5cc(O)cc(O)c5C(=O)[C@@H]4O)ccc3O[C@H]2COP(=O)(O)O[C@H]2[C@@H](O)[C@H](n3cnc4c(N)ncnc43)O[C@@H]2CO)ccc1O. The van der Waals surface area contributed by atoms with Crippen LogP contribution in [0.5, 0.6) is 40.2 Å². The number of hydrogen-bond acceptors (Lipinski definition) is 19. The van der Waals surface area contributed by atoms with E-state index in [-0.39, 0.29) is 62.6 Å². The van der Waals surface area contributed by atoms with Gasteiger partial charge in [-0.25, -0.2) is 19.5 Å². The smallest absolute Gasteiger partial charge is 0.472 e. The van der Waals surface area contributed by atoms with Crippen LogP contribution in [0.2, 0.25) is 0 Å². The van der Waals surface area contributed by atoms with E-state index < -0.39 is 81.5 Å². The summed E-state index contributed by atoms with van der Waals surface area (Å²) in [6.07, 6.45) is -8.73. The number of rotatable bonds is 10. The van der Waals surface area contributed by atoms with Gasteiger partial charge in [-0.1, -0.05) is 12.1 Å². The predicted molar refractivity (Wildman–Crippen MR) is 190 cm³/mol. The summed E-state index contributed by atoms with van der Waals surface area (Å²) < 4.78 is 55.0. The number of phosphoric acid groups is 1. The summed E-state index contributed by atoms with van der Waals surface area (Å²) in [5.74, 6) is -1.81. The second kappa shape index (κ2) is 14.6. The van der Waals surface area contributed by atoms with E-state index in [4.69, 9.17) is 38.5 Å². The van der Waals surface area contributed by atoms with E-state index in [9.17, 15) is 44.9 Å². The lowest BCUT2D eigenvalue weighted by Gasteiger charge is -2.36. The van der Waals surface area contributed by atoms with Crippen LogP contribution in [0.25, 0.3) is 11.2 Å². The molecule has 0 radical (unpaired) electrons. The number of aromatic hydroxyl groups is 3. The molecule has 3 aliphatic rings. The highest BCUT2D eigenvalue weighted by Gasteiger charge is 2.50. The monoisotopic (exact) mass is 811 g/mol. The number of imidazole rings is 1. The van der Waals surface area contributed by atoms with Gasteiger partial charge in [0.25, 0.3) is 0 Å². The van der Waals surface area contributed by atoms with Gasteiger partial charge in [0.05, 0.1) is 26.7 Å². The number of aromatic nitrogens is 4. The normalized spacial score (nSPS) is 26.4. The number of nitrogens with zero attached hydrogens (tertiary/aromatic N) is 4. The number of phosphoric ester groups is 1. The molecule has 2 aromatic heterocycles. The van der Waals surface area contributed by atoms with Crippen LogP contribution >= 0.6 is 7.82 Å². The number of methoxy groups -OCH3 is 1. The molecule has 1 unspecified atom stereocenters. The van der Waals surface area contributed by atoms with Crippen LogP contribution in [0, 0.1) is 0 Å². The minimum atomic E-state index is -5.09. The Labute approximate surface area is 320 Å². The molecule has 21 nitrogen and oxygen atoms in total. The largest absolute Gasteiger partial charge is 0.508 e. The summed E-state index contributed by atoms with van der Waals surface area (Å²) in [7, 11) is -3.76. The molecule has 1 fully saturated rings. The maximum atomic E-state index is 13.5. The number of benzene rings is 3. The van der Waals surface area contributed by atoms with Gasteiger partial charge in [-0.15, -0.1) is 0 Å². The van der Waals surface area contributed by atoms with E-state index in [0.717, 1.165) is 12.1 Å². The molecule has 22 heteroatoms. The Bertz CT molecular complexity index is 2410. The fourth-order valence-electron chi connectivity index (χ4n) is 6.90. The molecule has 9 N–H and O–H groups in total. The molecule has 5 heterocycles. The summed E-state index contributed by atoms with van der Waals surface area (Å²) in [6, 6.07) is 10.7. The Morgan fingerprint density at radius 2 is 1.65 bits per heavy atom. The molecule has 3 aromatic carbocycles. The molecule has 9 atom stereocenters. The zero-order chi connectivity index (χ0) is 40.3. The van der Waals surface area contributed by atoms with E-state index >= 15 is 0 Å². The Morgan fingerprint density at radius 3 is 2.42 bits per heavy atom. The number of phenolic OH excluding ortho intramolecular Hbond substituents is 3. The third-order valence-electron chi connectivity index (χ3n) is 9.63. The highest BCUT2D eigenvalue weighted by atomic mass is 31.2. The van der Waals surface area contributed by atoms with Crippen molar-refractivity contribution < 1.29 is 77.6 Å². The van der Waals surface area contributed by atoms with Crippen LogP contribution < -0.4 is 24.7 Å². The number of Topliss-reactive ketones (excluding diaryl/α,β-unsaturated/α-hetero) is 1. The summed E-state index contributed by atoms with van der Waals surface area (Å²) in [5.41, 5.74) is 6.57. The number of carbonyl (C=O) groups is 1. The molecular formula is C35H34N5O16P. The summed E-state index contributed by atoms with van der Waals surface area (Å²) >= 11 is 0.